The smallest absolute Gasteiger partial charge is 0.252 e. The first-order chi connectivity index (χ1) is 9.06. The maximum Gasteiger partial charge on any atom is 0.252 e. The molecule has 1 fully saturated rings. The lowest BCUT2D eigenvalue weighted by Gasteiger charge is -2.23. The van der Waals surface area contributed by atoms with Crippen molar-refractivity contribution in [1.29, 1.82) is 0 Å². The first-order valence-electron chi connectivity index (χ1n) is 7.19. The van der Waals surface area contributed by atoms with E-state index in [1.807, 2.05) is 13.8 Å². The summed E-state index contributed by atoms with van der Waals surface area (Å²) in [5, 5.41) is 3.35. The largest absolute Gasteiger partial charge is 0.366 e. The van der Waals surface area contributed by atoms with Crippen LogP contribution in [-0.2, 0) is 0 Å². The average molecular weight is 264 g/mol. The Bertz CT molecular complexity index is 469. The highest BCUT2D eigenvalue weighted by molar-refractivity contribution is 5.35. The number of hydrogen-bond donors (Lipinski definition) is 3. The summed E-state index contributed by atoms with van der Waals surface area (Å²) in [6, 6.07) is 1.88. The lowest BCUT2D eigenvalue weighted by Crippen LogP contribution is -2.39. The maximum atomic E-state index is 11.6. The summed E-state index contributed by atoms with van der Waals surface area (Å²) < 4.78 is 0. The van der Waals surface area contributed by atoms with Crippen molar-refractivity contribution in [2.24, 2.45) is 5.73 Å². The quantitative estimate of drug-likeness (QED) is 0.729. The molecule has 0 radical (unpaired) electrons. The van der Waals surface area contributed by atoms with E-state index < -0.39 is 0 Å². The molecule has 0 amide bonds. The number of nitrogens with zero attached hydrogens (tertiary/aromatic N) is 1. The number of nitrogens with two attached hydrogens (primary N) is 1. The van der Waals surface area contributed by atoms with Crippen molar-refractivity contribution in [3.63, 3.8) is 0 Å². The van der Waals surface area contributed by atoms with Gasteiger partial charge < -0.3 is 16.0 Å². The molecule has 1 heterocycles. The third-order valence-electron chi connectivity index (χ3n) is 3.71. The molecule has 5 nitrogen and oxygen atoms in total. The molecule has 0 aromatic carbocycles. The maximum absolute atomic E-state index is 11.6. The predicted octanol–water partition coefficient (Wildman–Crippen LogP) is 1.97. The molecular formula is C14H24N4O. The summed E-state index contributed by atoms with van der Waals surface area (Å²) >= 11 is 0. The molecule has 19 heavy (non-hydrogen) atoms. The minimum absolute atomic E-state index is 0.108. The van der Waals surface area contributed by atoms with E-state index in [9.17, 15) is 4.79 Å². The SMILES string of the molecule is CC(C)c1nc(NC2CCCCCC2N)cc(=O)[nH]1. The first kappa shape index (κ1) is 14.1. The summed E-state index contributed by atoms with van der Waals surface area (Å²) in [7, 11) is 0. The second kappa shape index (κ2) is 6.19. The van der Waals surface area contributed by atoms with Gasteiger partial charge in [0.2, 0.25) is 0 Å². The Balaban J connectivity index is 2.15. The van der Waals surface area contributed by atoms with Crippen LogP contribution in [0.3, 0.4) is 0 Å². The van der Waals surface area contributed by atoms with Gasteiger partial charge >= 0.3 is 0 Å². The van der Waals surface area contributed by atoms with E-state index in [1.165, 1.54) is 25.3 Å². The fraction of sp³-hybridized carbons (Fsp3) is 0.714. The number of rotatable bonds is 3. The fourth-order valence-corrected chi connectivity index (χ4v) is 2.53. The zero-order valence-corrected chi connectivity index (χ0v) is 11.8. The van der Waals surface area contributed by atoms with Crippen molar-refractivity contribution in [3.8, 4) is 0 Å². The predicted molar refractivity (Wildman–Crippen MR) is 77.4 cm³/mol. The minimum atomic E-state index is -0.108. The van der Waals surface area contributed by atoms with Gasteiger partial charge in [-0.15, -0.1) is 0 Å². The topological polar surface area (TPSA) is 83.8 Å². The minimum Gasteiger partial charge on any atom is -0.366 e. The Morgan fingerprint density at radius 2 is 2.11 bits per heavy atom. The zero-order chi connectivity index (χ0) is 13.8. The number of H-pyrrole nitrogens is 1. The summed E-state index contributed by atoms with van der Waals surface area (Å²) in [6.45, 7) is 4.03. The zero-order valence-electron chi connectivity index (χ0n) is 11.8. The summed E-state index contributed by atoms with van der Waals surface area (Å²) in [5.74, 6) is 1.57. The van der Waals surface area contributed by atoms with Gasteiger partial charge in [0.15, 0.2) is 0 Å². The van der Waals surface area contributed by atoms with Crippen LogP contribution >= 0.6 is 0 Å². The molecule has 5 heteroatoms. The molecule has 1 aromatic rings. The highest BCUT2D eigenvalue weighted by Gasteiger charge is 2.20. The van der Waals surface area contributed by atoms with E-state index >= 15 is 0 Å². The van der Waals surface area contributed by atoms with Crippen LogP contribution in [0.25, 0.3) is 0 Å². The van der Waals surface area contributed by atoms with Crippen molar-refractivity contribution in [2.45, 2.75) is 64.0 Å². The lowest BCUT2D eigenvalue weighted by molar-refractivity contribution is 0.526. The monoisotopic (exact) mass is 264 g/mol. The van der Waals surface area contributed by atoms with Gasteiger partial charge in [0, 0.05) is 24.1 Å². The number of aromatic nitrogens is 2. The molecule has 4 N–H and O–H groups in total. The normalized spacial score (nSPS) is 24.2. The van der Waals surface area contributed by atoms with E-state index in [2.05, 4.69) is 15.3 Å². The molecule has 1 aromatic heterocycles. The van der Waals surface area contributed by atoms with Gasteiger partial charge in [-0.2, -0.15) is 0 Å². The first-order valence-corrected chi connectivity index (χ1v) is 7.19. The molecule has 0 saturated heterocycles. The van der Waals surface area contributed by atoms with E-state index in [0.717, 1.165) is 18.7 Å². The Labute approximate surface area is 114 Å². The van der Waals surface area contributed by atoms with Crippen LogP contribution in [0.15, 0.2) is 10.9 Å². The number of anilines is 1. The van der Waals surface area contributed by atoms with Crippen molar-refractivity contribution in [1.82, 2.24) is 9.97 Å². The van der Waals surface area contributed by atoms with Crippen LogP contribution in [-0.4, -0.2) is 22.1 Å². The van der Waals surface area contributed by atoms with Crippen LogP contribution in [0.1, 0.15) is 57.7 Å². The van der Waals surface area contributed by atoms with E-state index in [1.54, 1.807) is 0 Å². The van der Waals surface area contributed by atoms with E-state index in [4.69, 9.17) is 5.73 Å². The molecular weight excluding hydrogens is 240 g/mol. The molecule has 0 aliphatic heterocycles. The van der Waals surface area contributed by atoms with E-state index in [0.29, 0.717) is 5.82 Å². The second-order valence-electron chi connectivity index (χ2n) is 5.72. The fourth-order valence-electron chi connectivity index (χ4n) is 2.53. The van der Waals surface area contributed by atoms with Crippen molar-refractivity contribution >= 4 is 5.82 Å². The molecule has 0 bridgehead atoms. The lowest BCUT2D eigenvalue weighted by atomic mass is 10.0. The molecule has 1 saturated carbocycles. The third-order valence-corrected chi connectivity index (χ3v) is 3.71. The Kier molecular flexibility index (Phi) is 4.58. The average Bonchev–Trinajstić information content (AvgIpc) is 2.54. The van der Waals surface area contributed by atoms with Gasteiger partial charge in [-0.1, -0.05) is 33.1 Å². The van der Waals surface area contributed by atoms with Crippen LogP contribution in [0.2, 0.25) is 0 Å². The van der Waals surface area contributed by atoms with Gasteiger partial charge in [-0.3, -0.25) is 4.79 Å². The van der Waals surface area contributed by atoms with Crippen LogP contribution in [0.5, 0.6) is 0 Å². The second-order valence-corrected chi connectivity index (χ2v) is 5.72. The third kappa shape index (κ3) is 3.80. The van der Waals surface area contributed by atoms with Crippen LogP contribution < -0.4 is 16.6 Å². The number of hydrogen-bond acceptors (Lipinski definition) is 4. The molecule has 106 valence electrons. The van der Waals surface area contributed by atoms with Gasteiger partial charge in [0.05, 0.1) is 0 Å². The summed E-state index contributed by atoms with van der Waals surface area (Å²) in [5.41, 5.74) is 6.08. The number of aromatic amines is 1. The van der Waals surface area contributed by atoms with E-state index in [-0.39, 0.29) is 23.6 Å². The molecule has 0 spiro atoms. The van der Waals surface area contributed by atoms with Crippen molar-refractivity contribution in [3.05, 3.63) is 22.2 Å². The van der Waals surface area contributed by atoms with Crippen LogP contribution in [0, 0.1) is 0 Å². The highest BCUT2D eigenvalue weighted by atomic mass is 16.1. The number of nitrogens with one attached hydrogen (secondary N) is 2. The van der Waals surface area contributed by atoms with Crippen LogP contribution in [0.4, 0.5) is 5.82 Å². The highest BCUT2D eigenvalue weighted by Crippen LogP contribution is 2.20. The van der Waals surface area contributed by atoms with Crippen molar-refractivity contribution in [2.75, 3.05) is 5.32 Å². The molecule has 1 aliphatic rings. The Morgan fingerprint density at radius 1 is 1.37 bits per heavy atom. The molecule has 1 aliphatic carbocycles. The van der Waals surface area contributed by atoms with Crippen molar-refractivity contribution < 1.29 is 0 Å². The van der Waals surface area contributed by atoms with Gasteiger partial charge in [0.25, 0.3) is 5.56 Å². The summed E-state index contributed by atoms with van der Waals surface area (Å²) in [4.78, 5) is 18.9. The Hall–Kier alpha value is -1.36. The molecule has 2 unspecified atom stereocenters. The van der Waals surface area contributed by atoms with Gasteiger partial charge in [-0.25, -0.2) is 4.98 Å². The summed E-state index contributed by atoms with van der Waals surface area (Å²) in [6.07, 6.45) is 5.71. The molecule has 2 atom stereocenters. The van der Waals surface area contributed by atoms with Gasteiger partial charge in [0.1, 0.15) is 11.6 Å². The standard InChI is InChI=1S/C14H24N4O/c1-9(2)14-17-12(8-13(19)18-14)16-11-7-5-3-4-6-10(11)15/h8-11H,3-7,15H2,1-2H3,(H2,16,17,18,19). The van der Waals surface area contributed by atoms with Gasteiger partial charge in [-0.05, 0) is 12.8 Å². The Morgan fingerprint density at radius 3 is 2.84 bits per heavy atom. The molecule has 2 rings (SSSR count).